The zero-order valence-electron chi connectivity index (χ0n) is 20.2. The van der Waals surface area contributed by atoms with Crippen LogP contribution in [0.15, 0.2) is 47.5 Å². The summed E-state index contributed by atoms with van der Waals surface area (Å²) in [5.74, 6) is -0.0525. The quantitative estimate of drug-likeness (QED) is 0.405. The van der Waals surface area contributed by atoms with Gasteiger partial charge in [0.05, 0.1) is 5.56 Å². The summed E-state index contributed by atoms with van der Waals surface area (Å²) in [6, 6.07) is 13.2. The SMILES string of the molecule is Cc1cccc(NC(=O)c2c(N=Cc3ccc(OCC(N)=O)cc3)sc3c2CCCCCC3)c1C. The van der Waals surface area contributed by atoms with Gasteiger partial charge in [-0.2, -0.15) is 0 Å². The van der Waals surface area contributed by atoms with Gasteiger partial charge in [0.2, 0.25) is 0 Å². The van der Waals surface area contributed by atoms with Crippen molar-refractivity contribution in [2.24, 2.45) is 10.7 Å². The summed E-state index contributed by atoms with van der Waals surface area (Å²) in [4.78, 5) is 30.5. The number of nitrogens with two attached hydrogens (primary N) is 1. The van der Waals surface area contributed by atoms with Gasteiger partial charge >= 0.3 is 0 Å². The number of nitrogens with zero attached hydrogens (tertiary/aromatic N) is 1. The molecular formula is C28H31N3O3S. The number of nitrogens with one attached hydrogen (secondary N) is 1. The molecule has 0 atom stereocenters. The van der Waals surface area contributed by atoms with Crippen LogP contribution in [0.1, 0.15) is 63.2 Å². The molecule has 1 heterocycles. The fourth-order valence-electron chi connectivity index (χ4n) is 4.24. The lowest BCUT2D eigenvalue weighted by atomic mass is 9.96. The van der Waals surface area contributed by atoms with Gasteiger partial charge in [-0.3, -0.25) is 9.59 Å². The van der Waals surface area contributed by atoms with Gasteiger partial charge in [0, 0.05) is 16.8 Å². The lowest BCUT2D eigenvalue weighted by Crippen LogP contribution is -2.19. The number of hydrogen-bond acceptors (Lipinski definition) is 5. The van der Waals surface area contributed by atoms with Gasteiger partial charge in [-0.05, 0) is 92.1 Å². The van der Waals surface area contributed by atoms with E-state index in [4.69, 9.17) is 15.5 Å². The average Bonchev–Trinajstić information content (AvgIpc) is 3.16. The minimum atomic E-state index is -0.518. The monoisotopic (exact) mass is 489 g/mol. The maximum Gasteiger partial charge on any atom is 0.259 e. The second-order valence-corrected chi connectivity index (χ2v) is 9.97. The molecule has 0 spiro atoms. The molecule has 1 aliphatic carbocycles. The number of ether oxygens (including phenoxy) is 1. The van der Waals surface area contributed by atoms with Gasteiger partial charge in [0.25, 0.3) is 11.8 Å². The Bertz CT molecular complexity index is 1250. The lowest BCUT2D eigenvalue weighted by molar-refractivity contribution is -0.119. The van der Waals surface area contributed by atoms with Crippen LogP contribution in [0.3, 0.4) is 0 Å². The van der Waals surface area contributed by atoms with Crippen molar-refractivity contribution in [1.29, 1.82) is 0 Å². The number of aryl methyl sites for hydroxylation is 2. The fourth-order valence-corrected chi connectivity index (χ4v) is 5.47. The molecule has 0 fully saturated rings. The van der Waals surface area contributed by atoms with Crippen LogP contribution in [-0.2, 0) is 17.6 Å². The summed E-state index contributed by atoms with van der Waals surface area (Å²) in [5, 5.41) is 3.89. The van der Waals surface area contributed by atoms with Gasteiger partial charge in [-0.25, -0.2) is 4.99 Å². The van der Waals surface area contributed by atoms with E-state index in [1.165, 1.54) is 17.7 Å². The largest absolute Gasteiger partial charge is 0.484 e. The first-order valence-corrected chi connectivity index (χ1v) is 12.8. The Morgan fingerprint density at radius 2 is 1.80 bits per heavy atom. The van der Waals surface area contributed by atoms with Crippen LogP contribution in [-0.4, -0.2) is 24.6 Å². The van der Waals surface area contributed by atoms with Crippen molar-refractivity contribution in [1.82, 2.24) is 0 Å². The number of anilines is 1. The van der Waals surface area contributed by atoms with Crippen molar-refractivity contribution in [3.8, 4) is 5.75 Å². The van der Waals surface area contributed by atoms with E-state index in [1.54, 1.807) is 29.7 Å². The van der Waals surface area contributed by atoms with Crippen molar-refractivity contribution in [2.75, 3.05) is 11.9 Å². The number of primary amides is 1. The molecule has 182 valence electrons. The predicted octanol–water partition coefficient (Wildman–Crippen LogP) is 5.89. The number of benzene rings is 2. The Morgan fingerprint density at radius 3 is 2.54 bits per heavy atom. The highest BCUT2D eigenvalue weighted by Gasteiger charge is 2.24. The minimum absolute atomic E-state index is 0.0980. The van der Waals surface area contributed by atoms with E-state index < -0.39 is 5.91 Å². The third-order valence-corrected chi connectivity index (χ3v) is 7.52. The zero-order valence-corrected chi connectivity index (χ0v) is 21.0. The molecule has 0 unspecified atom stereocenters. The van der Waals surface area contributed by atoms with Gasteiger partial charge in [0.1, 0.15) is 10.8 Å². The van der Waals surface area contributed by atoms with Crippen molar-refractivity contribution < 1.29 is 14.3 Å². The fraction of sp³-hybridized carbons (Fsp3) is 0.321. The molecule has 1 aliphatic rings. The van der Waals surface area contributed by atoms with Crippen LogP contribution in [0, 0.1) is 13.8 Å². The van der Waals surface area contributed by atoms with E-state index in [0.29, 0.717) is 11.3 Å². The van der Waals surface area contributed by atoms with Crippen LogP contribution in [0.25, 0.3) is 0 Å². The Labute approximate surface area is 210 Å². The summed E-state index contributed by atoms with van der Waals surface area (Å²) < 4.78 is 5.32. The number of aliphatic imine (C=N–C) groups is 1. The first-order chi connectivity index (χ1) is 16.9. The van der Waals surface area contributed by atoms with E-state index in [2.05, 4.69) is 5.32 Å². The molecule has 35 heavy (non-hydrogen) atoms. The third-order valence-electron chi connectivity index (χ3n) is 6.32. The molecule has 2 amide bonds. The number of amides is 2. The zero-order chi connectivity index (χ0) is 24.8. The Kier molecular flexibility index (Phi) is 7.98. The lowest BCUT2D eigenvalue weighted by Gasteiger charge is -2.13. The number of thiophene rings is 1. The average molecular weight is 490 g/mol. The molecular weight excluding hydrogens is 458 g/mol. The van der Waals surface area contributed by atoms with Gasteiger partial charge in [-0.15, -0.1) is 11.3 Å². The summed E-state index contributed by atoms with van der Waals surface area (Å²) in [5.41, 5.74) is 10.9. The topological polar surface area (TPSA) is 93.8 Å². The molecule has 0 bridgehead atoms. The molecule has 0 saturated heterocycles. The highest BCUT2D eigenvalue weighted by atomic mass is 32.1. The number of carbonyl (C=O) groups excluding carboxylic acids is 2. The van der Waals surface area contributed by atoms with Crippen LogP contribution >= 0.6 is 11.3 Å². The highest BCUT2D eigenvalue weighted by Crippen LogP contribution is 2.39. The molecule has 0 aliphatic heterocycles. The molecule has 0 saturated carbocycles. The minimum Gasteiger partial charge on any atom is -0.484 e. The predicted molar refractivity (Wildman–Crippen MR) is 142 cm³/mol. The molecule has 4 rings (SSSR count). The number of hydrogen-bond donors (Lipinski definition) is 2. The van der Waals surface area contributed by atoms with Crippen LogP contribution in [0.4, 0.5) is 10.7 Å². The Balaban J connectivity index is 1.63. The number of fused-ring (bicyclic) bond motifs is 1. The molecule has 2 aromatic carbocycles. The Morgan fingerprint density at radius 1 is 1.06 bits per heavy atom. The first kappa shape index (κ1) is 24.7. The summed E-state index contributed by atoms with van der Waals surface area (Å²) in [7, 11) is 0. The smallest absolute Gasteiger partial charge is 0.259 e. The second-order valence-electron chi connectivity index (χ2n) is 8.88. The van der Waals surface area contributed by atoms with E-state index in [0.717, 1.165) is 58.6 Å². The summed E-state index contributed by atoms with van der Waals surface area (Å²) >= 11 is 1.63. The third kappa shape index (κ3) is 6.17. The van der Waals surface area contributed by atoms with Crippen LogP contribution in [0.2, 0.25) is 0 Å². The Hall–Kier alpha value is -3.45. The van der Waals surface area contributed by atoms with Crippen LogP contribution in [0.5, 0.6) is 5.75 Å². The molecule has 3 N–H and O–H groups in total. The van der Waals surface area contributed by atoms with Gasteiger partial charge < -0.3 is 15.8 Å². The van der Waals surface area contributed by atoms with E-state index >= 15 is 0 Å². The summed E-state index contributed by atoms with van der Waals surface area (Å²) in [6.07, 6.45) is 8.31. The number of carbonyl (C=O) groups is 2. The van der Waals surface area contributed by atoms with Crippen molar-refractivity contribution in [2.45, 2.75) is 52.4 Å². The second kappa shape index (κ2) is 11.3. The maximum absolute atomic E-state index is 13.6. The molecule has 0 radical (unpaired) electrons. The number of rotatable bonds is 7. The van der Waals surface area contributed by atoms with E-state index in [1.807, 2.05) is 44.2 Å². The molecule has 1 aromatic heterocycles. The van der Waals surface area contributed by atoms with E-state index in [9.17, 15) is 9.59 Å². The maximum atomic E-state index is 13.6. The van der Waals surface area contributed by atoms with Gasteiger partial charge in [0.15, 0.2) is 6.61 Å². The molecule has 6 nitrogen and oxygen atoms in total. The molecule has 3 aromatic rings. The first-order valence-electron chi connectivity index (χ1n) is 12.0. The van der Waals surface area contributed by atoms with Crippen molar-refractivity contribution in [3.05, 3.63) is 75.2 Å². The van der Waals surface area contributed by atoms with Crippen molar-refractivity contribution in [3.63, 3.8) is 0 Å². The highest BCUT2D eigenvalue weighted by molar-refractivity contribution is 7.16. The van der Waals surface area contributed by atoms with Crippen molar-refractivity contribution >= 4 is 40.1 Å². The normalized spacial score (nSPS) is 13.7. The van der Waals surface area contributed by atoms with Crippen LogP contribution < -0.4 is 15.8 Å². The standard InChI is InChI=1S/C28H31N3O3S/c1-18-8-7-10-23(19(18)2)31-27(33)26-22-9-5-3-4-6-11-24(22)35-28(26)30-16-20-12-14-21(15-13-20)34-17-25(29)32/h7-8,10,12-16H,3-6,9,11,17H2,1-2H3,(H2,29,32)(H,31,33). The summed E-state index contributed by atoms with van der Waals surface area (Å²) in [6.45, 7) is 3.91. The molecule has 7 heteroatoms. The van der Waals surface area contributed by atoms with Gasteiger partial charge in [-0.1, -0.05) is 25.0 Å². The van der Waals surface area contributed by atoms with E-state index in [-0.39, 0.29) is 12.5 Å².